The van der Waals surface area contributed by atoms with Crippen LogP contribution >= 0.6 is 11.3 Å². The number of hydrogen-bond donors (Lipinski definition) is 3. The van der Waals surface area contributed by atoms with E-state index in [2.05, 4.69) is 4.98 Å². The van der Waals surface area contributed by atoms with E-state index in [9.17, 15) is 24.9 Å². The molecule has 3 rings (SSSR count). The van der Waals surface area contributed by atoms with Gasteiger partial charge in [-0.15, -0.1) is 11.3 Å². The quantitative estimate of drug-likeness (QED) is 0.418. The van der Waals surface area contributed by atoms with Crippen LogP contribution in [-0.4, -0.2) is 62.6 Å². The third-order valence-electron chi connectivity index (χ3n) is 7.48. The van der Waals surface area contributed by atoms with Crippen molar-refractivity contribution >= 4 is 29.2 Å². The summed E-state index contributed by atoms with van der Waals surface area (Å²) in [5.41, 5.74) is 0.253. The predicted molar refractivity (Wildman–Crippen MR) is 132 cm³/mol. The van der Waals surface area contributed by atoms with Crippen LogP contribution in [0.3, 0.4) is 0 Å². The Labute approximate surface area is 211 Å². The highest BCUT2D eigenvalue weighted by molar-refractivity contribution is 7.09. The van der Waals surface area contributed by atoms with Crippen LogP contribution in [0.1, 0.15) is 77.4 Å². The van der Waals surface area contributed by atoms with E-state index < -0.39 is 35.6 Å². The second-order valence-electron chi connectivity index (χ2n) is 10.6. The summed E-state index contributed by atoms with van der Waals surface area (Å²) in [6.45, 7) is 8.57. The lowest BCUT2D eigenvalue weighted by Gasteiger charge is -2.34. The molecule has 3 heterocycles. The lowest BCUT2D eigenvalue weighted by molar-refractivity contribution is -0.154. The van der Waals surface area contributed by atoms with E-state index in [0.29, 0.717) is 17.1 Å². The van der Waals surface area contributed by atoms with Gasteiger partial charge < -0.3 is 24.8 Å². The van der Waals surface area contributed by atoms with E-state index >= 15 is 0 Å². The van der Waals surface area contributed by atoms with Crippen molar-refractivity contribution in [3.05, 3.63) is 21.7 Å². The van der Waals surface area contributed by atoms with Crippen LogP contribution in [0, 0.1) is 17.3 Å². The average Bonchev–Trinajstić information content (AvgIpc) is 3.38. The van der Waals surface area contributed by atoms with Gasteiger partial charge in [0.1, 0.15) is 16.9 Å². The molecule has 0 aliphatic carbocycles. The number of hydrogen-bond acceptors (Lipinski definition) is 9. The summed E-state index contributed by atoms with van der Waals surface area (Å²) in [5, 5.41) is 33.3. The molecule has 0 bridgehead atoms. The minimum Gasteiger partial charge on any atom is -0.458 e. The molecule has 196 valence electrons. The molecule has 3 N–H and O–H groups in total. The second-order valence-corrected chi connectivity index (χ2v) is 11.6. The van der Waals surface area contributed by atoms with Gasteiger partial charge >= 0.3 is 5.97 Å². The number of cyclic esters (lactones) is 1. The number of esters is 1. The standard InChI is InChI=1S/C26H39NO7S/c1-14-7-6-8-18-20(33-18)10-19(15(2)9-17-13-35-22(12-28)27-17)34-23(30)11-21(29)26(4,5)25(32)16(3)24(14)31/h9,13-14,16,18-21,24,28-29,31H,6-8,10-12H2,1-5H3/b15-9+/t14?,16-,18+,19?,20+,21?,24+/m1/s1. The van der Waals surface area contributed by atoms with E-state index in [1.165, 1.54) is 11.3 Å². The summed E-state index contributed by atoms with van der Waals surface area (Å²) < 4.78 is 11.7. The number of aromatic nitrogens is 1. The molecular formula is C26H39NO7S. The van der Waals surface area contributed by atoms with Crippen LogP contribution in [-0.2, 0) is 25.7 Å². The summed E-state index contributed by atoms with van der Waals surface area (Å²) in [7, 11) is 0. The van der Waals surface area contributed by atoms with Gasteiger partial charge in [0.15, 0.2) is 0 Å². The molecule has 2 aliphatic rings. The van der Waals surface area contributed by atoms with Crippen molar-refractivity contribution in [2.45, 2.75) is 104 Å². The van der Waals surface area contributed by atoms with Crippen LogP contribution in [0.25, 0.3) is 6.08 Å². The van der Waals surface area contributed by atoms with Gasteiger partial charge in [0, 0.05) is 17.7 Å². The summed E-state index contributed by atoms with van der Waals surface area (Å²) in [6.07, 6.45) is 1.86. The van der Waals surface area contributed by atoms with Gasteiger partial charge in [-0.2, -0.15) is 0 Å². The Kier molecular flexibility index (Phi) is 9.26. The molecule has 2 fully saturated rings. The second kappa shape index (κ2) is 11.6. The number of fused-ring (bicyclic) bond motifs is 1. The number of Topliss-reactive ketones (excluding diaryl/α,β-unsaturated/α-hetero) is 1. The van der Waals surface area contributed by atoms with Gasteiger partial charge in [0.05, 0.1) is 48.6 Å². The SMILES string of the molecule is C/C(=C\c1csc(CO)n1)C1C[C@@H]2O[C@H]2CCCC(C)[C@H](O)[C@@H](C)C(=O)C(C)(C)C(O)CC(=O)O1. The molecule has 0 saturated carbocycles. The van der Waals surface area contributed by atoms with Crippen molar-refractivity contribution in [2.75, 3.05) is 0 Å². The molecule has 0 aromatic carbocycles. The van der Waals surface area contributed by atoms with Crippen molar-refractivity contribution in [1.29, 1.82) is 0 Å². The van der Waals surface area contributed by atoms with Crippen LogP contribution in [0.2, 0.25) is 0 Å². The van der Waals surface area contributed by atoms with Gasteiger partial charge in [0.25, 0.3) is 0 Å². The highest BCUT2D eigenvalue weighted by Crippen LogP contribution is 2.36. The van der Waals surface area contributed by atoms with Gasteiger partial charge in [-0.3, -0.25) is 9.59 Å². The zero-order chi connectivity index (χ0) is 25.9. The number of ether oxygens (including phenoxy) is 2. The molecule has 1 aromatic rings. The third-order valence-corrected chi connectivity index (χ3v) is 8.33. The zero-order valence-electron chi connectivity index (χ0n) is 21.3. The fourth-order valence-corrected chi connectivity index (χ4v) is 5.41. The largest absolute Gasteiger partial charge is 0.458 e. The Morgan fingerprint density at radius 1 is 1.23 bits per heavy atom. The molecule has 2 saturated heterocycles. The first-order valence-corrected chi connectivity index (χ1v) is 13.3. The van der Waals surface area contributed by atoms with Crippen LogP contribution in [0.4, 0.5) is 0 Å². The number of aliphatic hydroxyl groups is 3. The van der Waals surface area contributed by atoms with E-state index in [0.717, 1.165) is 24.8 Å². The topological polar surface area (TPSA) is 129 Å². The first-order valence-electron chi connectivity index (χ1n) is 12.4. The Balaban J connectivity index is 1.81. The van der Waals surface area contributed by atoms with E-state index in [1.54, 1.807) is 20.8 Å². The smallest absolute Gasteiger partial charge is 0.309 e. The summed E-state index contributed by atoms with van der Waals surface area (Å²) in [5.74, 6) is -1.61. The van der Waals surface area contributed by atoms with Crippen molar-refractivity contribution in [3.8, 4) is 0 Å². The number of rotatable bonds is 3. The summed E-state index contributed by atoms with van der Waals surface area (Å²) in [6, 6.07) is 0. The number of nitrogens with zero attached hydrogens (tertiary/aromatic N) is 1. The lowest BCUT2D eigenvalue weighted by Crippen LogP contribution is -2.45. The fourth-order valence-electron chi connectivity index (χ4n) is 4.80. The third kappa shape index (κ3) is 6.98. The summed E-state index contributed by atoms with van der Waals surface area (Å²) >= 11 is 1.35. The Morgan fingerprint density at radius 2 is 1.94 bits per heavy atom. The summed E-state index contributed by atoms with van der Waals surface area (Å²) in [4.78, 5) is 30.4. The number of aliphatic hydroxyl groups excluding tert-OH is 3. The maximum absolute atomic E-state index is 13.2. The molecule has 0 radical (unpaired) electrons. The fraction of sp³-hybridized carbons (Fsp3) is 0.731. The molecule has 0 amide bonds. The molecule has 1 aromatic heterocycles. The van der Waals surface area contributed by atoms with Crippen molar-refractivity contribution < 1.29 is 34.4 Å². The molecule has 7 atom stereocenters. The Bertz CT molecular complexity index is 927. The Morgan fingerprint density at radius 3 is 2.60 bits per heavy atom. The molecule has 3 unspecified atom stereocenters. The minimum atomic E-state index is -1.25. The highest BCUT2D eigenvalue weighted by Gasteiger charge is 2.44. The van der Waals surface area contributed by atoms with E-state index in [1.807, 2.05) is 25.3 Å². The minimum absolute atomic E-state index is 0.0328. The van der Waals surface area contributed by atoms with E-state index in [-0.39, 0.29) is 36.9 Å². The number of epoxide rings is 1. The van der Waals surface area contributed by atoms with E-state index in [4.69, 9.17) is 9.47 Å². The van der Waals surface area contributed by atoms with Gasteiger partial charge in [-0.25, -0.2) is 4.98 Å². The number of carbonyl (C=O) groups is 2. The monoisotopic (exact) mass is 509 g/mol. The number of carbonyl (C=O) groups excluding carboxylic acids is 2. The maximum Gasteiger partial charge on any atom is 0.309 e. The van der Waals surface area contributed by atoms with Crippen LogP contribution in [0.15, 0.2) is 11.0 Å². The zero-order valence-corrected chi connectivity index (χ0v) is 22.1. The normalized spacial score (nSPS) is 35.3. The van der Waals surface area contributed by atoms with Gasteiger partial charge in [-0.1, -0.05) is 34.1 Å². The number of ketones is 1. The van der Waals surface area contributed by atoms with Gasteiger partial charge in [0.2, 0.25) is 0 Å². The molecular weight excluding hydrogens is 470 g/mol. The Hall–Kier alpha value is -1.65. The van der Waals surface area contributed by atoms with Crippen molar-refractivity contribution in [1.82, 2.24) is 4.98 Å². The number of thiazole rings is 1. The van der Waals surface area contributed by atoms with Crippen molar-refractivity contribution in [3.63, 3.8) is 0 Å². The molecule has 0 spiro atoms. The van der Waals surface area contributed by atoms with Crippen LogP contribution < -0.4 is 0 Å². The maximum atomic E-state index is 13.2. The average molecular weight is 510 g/mol. The van der Waals surface area contributed by atoms with Gasteiger partial charge in [-0.05, 0) is 37.3 Å². The first-order chi connectivity index (χ1) is 16.4. The molecule has 8 nitrogen and oxygen atoms in total. The highest BCUT2D eigenvalue weighted by atomic mass is 32.1. The predicted octanol–water partition coefficient (Wildman–Crippen LogP) is 3.27. The molecule has 35 heavy (non-hydrogen) atoms. The van der Waals surface area contributed by atoms with Crippen molar-refractivity contribution in [2.24, 2.45) is 17.3 Å². The van der Waals surface area contributed by atoms with Crippen LogP contribution in [0.5, 0.6) is 0 Å². The molecule has 9 heteroatoms. The molecule has 2 aliphatic heterocycles. The lowest BCUT2D eigenvalue weighted by atomic mass is 9.73. The first kappa shape index (κ1) is 27.9.